The van der Waals surface area contributed by atoms with Gasteiger partial charge in [0, 0.05) is 46.5 Å². The zero-order valence-electron chi connectivity index (χ0n) is 17.3. The molecule has 4 N–H and O–H groups in total. The van der Waals surface area contributed by atoms with Gasteiger partial charge in [-0.05, 0) is 12.8 Å². The van der Waals surface area contributed by atoms with Gasteiger partial charge in [0.2, 0.25) is 11.8 Å². The Morgan fingerprint density at radius 3 is 2.45 bits per heavy atom. The van der Waals surface area contributed by atoms with Crippen molar-refractivity contribution in [2.75, 3.05) is 34.0 Å². The first kappa shape index (κ1) is 24.0. The summed E-state index contributed by atoms with van der Waals surface area (Å²) in [6, 6.07) is -0.925. The van der Waals surface area contributed by atoms with E-state index in [2.05, 4.69) is 10.6 Å². The van der Waals surface area contributed by atoms with Gasteiger partial charge < -0.3 is 39.8 Å². The molecule has 2 fully saturated rings. The number of ether oxygens (including phenoxy) is 4. The second-order valence-electron chi connectivity index (χ2n) is 7.64. The van der Waals surface area contributed by atoms with Gasteiger partial charge in [0.1, 0.15) is 6.04 Å². The van der Waals surface area contributed by atoms with Crippen LogP contribution in [0.2, 0.25) is 0 Å². The van der Waals surface area contributed by atoms with E-state index in [1.165, 1.54) is 6.92 Å². The molecule has 0 aromatic carbocycles. The maximum atomic E-state index is 12.0. The van der Waals surface area contributed by atoms with Crippen molar-refractivity contribution in [1.82, 2.24) is 10.6 Å². The molecular weight excluding hydrogens is 384 g/mol. The number of unbranched alkanes of at least 4 members (excludes halogenated alkanes) is 1. The smallest absolute Gasteiger partial charge is 0.220 e. The Morgan fingerprint density at radius 1 is 1.17 bits per heavy atom. The summed E-state index contributed by atoms with van der Waals surface area (Å²) in [5.41, 5.74) is 0. The summed E-state index contributed by atoms with van der Waals surface area (Å²) in [6.45, 7) is 2.43. The Kier molecular flexibility index (Phi) is 9.73. The highest BCUT2D eigenvalue weighted by Gasteiger charge is 2.55. The average molecular weight is 418 g/mol. The van der Waals surface area contributed by atoms with Gasteiger partial charge in [-0.15, -0.1) is 0 Å². The number of nitrogens with one attached hydrogen (secondary N) is 2. The topological polar surface area (TPSA) is 136 Å². The fraction of sp³-hybridized carbons (Fsp3) is 0.895. The van der Waals surface area contributed by atoms with Crippen LogP contribution in [-0.2, 0) is 28.5 Å². The Labute approximate surface area is 171 Å². The lowest BCUT2D eigenvalue weighted by Crippen LogP contribution is -2.68. The molecule has 0 spiro atoms. The lowest BCUT2D eigenvalue weighted by Gasteiger charge is -2.52. The van der Waals surface area contributed by atoms with E-state index in [1.807, 2.05) is 0 Å². The number of fused-ring (bicyclic) bond motifs is 1. The summed E-state index contributed by atoms with van der Waals surface area (Å²) in [5, 5.41) is 25.8. The highest BCUT2D eigenvalue weighted by molar-refractivity contribution is 5.76. The van der Waals surface area contributed by atoms with Crippen LogP contribution in [0.25, 0.3) is 0 Å². The predicted octanol–water partition coefficient (Wildman–Crippen LogP) is -1.08. The molecule has 0 radical (unpaired) electrons. The number of carbonyl (C=O) groups is 2. The second kappa shape index (κ2) is 11.8. The third kappa shape index (κ3) is 6.87. The summed E-state index contributed by atoms with van der Waals surface area (Å²) < 4.78 is 21.6. The first-order valence-electron chi connectivity index (χ1n) is 10.0. The molecule has 2 amide bonds. The minimum atomic E-state index is -0.935. The van der Waals surface area contributed by atoms with Gasteiger partial charge in [-0.25, -0.2) is 0 Å². The fourth-order valence-corrected chi connectivity index (χ4v) is 3.81. The number of hydrogen-bond acceptors (Lipinski definition) is 8. The molecule has 4 unspecified atom stereocenters. The lowest BCUT2D eigenvalue weighted by atomic mass is 9.71. The molecule has 2 aliphatic rings. The SMILES string of the molecule is COCC(COC)NC(=O)CCCCO[C@@H]1OC2CC(O)[C@@H]2C(O)C1NC(C)=O. The van der Waals surface area contributed by atoms with Gasteiger partial charge in [-0.1, -0.05) is 0 Å². The Bertz CT molecular complexity index is 528. The van der Waals surface area contributed by atoms with Crippen LogP contribution < -0.4 is 10.6 Å². The summed E-state index contributed by atoms with van der Waals surface area (Å²) in [4.78, 5) is 23.5. The van der Waals surface area contributed by atoms with Gasteiger partial charge in [0.15, 0.2) is 6.29 Å². The molecule has 10 heteroatoms. The number of aliphatic hydroxyl groups is 2. The molecular formula is C19H34N2O8. The van der Waals surface area contributed by atoms with Gasteiger partial charge >= 0.3 is 0 Å². The van der Waals surface area contributed by atoms with Crippen LogP contribution in [0, 0.1) is 5.92 Å². The van der Waals surface area contributed by atoms with E-state index in [0.717, 1.165) is 0 Å². The number of amides is 2. The quantitative estimate of drug-likeness (QED) is 0.294. The van der Waals surface area contributed by atoms with Gasteiger partial charge in [-0.2, -0.15) is 0 Å². The number of rotatable bonds is 12. The van der Waals surface area contributed by atoms with E-state index in [0.29, 0.717) is 45.5 Å². The van der Waals surface area contributed by atoms with Crippen molar-refractivity contribution in [3.05, 3.63) is 0 Å². The molecule has 168 valence electrons. The minimum Gasteiger partial charge on any atom is -0.393 e. The lowest BCUT2D eigenvalue weighted by molar-refractivity contribution is -0.298. The van der Waals surface area contributed by atoms with Crippen LogP contribution in [0.4, 0.5) is 0 Å². The zero-order chi connectivity index (χ0) is 21.4. The van der Waals surface area contributed by atoms with Crippen LogP contribution in [-0.4, -0.2) is 92.8 Å². The monoisotopic (exact) mass is 418 g/mol. The van der Waals surface area contributed by atoms with E-state index in [-0.39, 0.29) is 24.0 Å². The summed E-state index contributed by atoms with van der Waals surface area (Å²) in [5.74, 6) is -0.810. The summed E-state index contributed by atoms with van der Waals surface area (Å²) in [7, 11) is 3.13. The van der Waals surface area contributed by atoms with Crippen molar-refractivity contribution in [1.29, 1.82) is 0 Å². The van der Waals surface area contributed by atoms with Crippen LogP contribution in [0.1, 0.15) is 32.6 Å². The number of hydrogen-bond donors (Lipinski definition) is 4. The number of methoxy groups -OCH3 is 2. The van der Waals surface area contributed by atoms with Crippen molar-refractivity contribution in [3.63, 3.8) is 0 Å². The van der Waals surface area contributed by atoms with E-state index >= 15 is 0 Å². The largest absolute Gasteiger partial charge is 0.393 e. The Morgan fingerprint density at radius 2 is 1.86 bits per heavy atom. The molecule has 0 aromatic rings. The standard InChI is InChI=1S/C19H34N2O8/c1-11(22)20-17-18(25)16-13(23)8-14(16)29-19(17)28-7-5-4-6-15(24)21-12(9-26-2)10-27-3/h12-14,16-19,23,25H,4-10H2,1-3H3,(H,20,22)(H,21,24)/t13?,14?,16-,17?,18?,19+/m0/s1. The highest BCUT2D eigenvalue weighted by Crippen LogP contribution is 2.40. The molecule has 1 aliphatic carbocycles. The van der Waals surface area contributed by atoms with Crippen LogP contribution >= 0.6 is 0 Å². The molecule has 0 bridgehead atoms. The third-order valence-corrected chi connectivity index (χ3v) is 5.26. The van der Waals surface area contributed by atoms with Gasteiger partial charge in [0.05, 0.1) is 37.6 Å². The molecule has 1 saturated carbocycles. The van der Waals surface area contributed by atoms with Crippen molar-refractivity contribution < 1.29 is 38.7 Å². The molecule has 1 saturated heterocycles. The highest BCUT2D eigenvalue weighted by atomic mass is 16.7. The van der Waals surface area contributed by atoms with Crippen LogP contribution in [0.5, 0.6) is 0 Å². The van der Waals surface area contributed by atoms with Crippen LogP contribution in [0.15, 0.2) is 0 Å². The third-order valence-electron chi connectivity index (χ3n) is 5.26. The molecule has 29 heavy (non-hydrogen) atoms. The van der Waals surface area contributed by atoms with Crippen LogP contribution in [0.3, 0.4) is 0 Å². The molecule has 1 heterocycles. The summed E-state index contributed by atoms with van der Waals surface area (Å²) >= 11 is 0. The van der Waals surface area contributed by atoms with Gasteiger partial charge in [0.25, 0.3) is 0 Å². The Balaban J connectivity index is 1.71. The first-order valence-corrected chi connectivity index (χ1v) is 10.0. The maximum absolute atomic E-state index is 12.0. The predicted molar refractivity (Wildman–Crippen MR) is 102 cm³/mol. The fourth-order valence-electron chi connectivity index (χ4n) is 3.81. The van der Waals surface area contributed by atoms with Crippen molar-refractivity contribution in [3.8, 4) is 0 Å². The van der Waals surface area contributed by atoms with Crippen molar-refractivity contribution in [2.24, 2.45) is 5.92 Å². The molecule has 1 aliphatic heterocycles. The van der Waals surface area contributed by atoms with E-state index < -0.39 is 30.5 Å². The second-order valence-corrected chi connectivity index (χ2v) is 7.64. The average Bonchev–Trinajstić information content (AvgIpc) is 2.63. The molecule has 2 rings (SSSR count). The summed E-state index contributed by atoms with van der Waals surface area (Å²) in [6.07, 6.45) is -0.619. The molecule has 0 aromatic heterocycles. The van der Waals surface area contributed by atoms with E-state index in [9.17, 15) is 19.8 Å². The molecule has 6 atom stereocenters. The van der Waals surface area contributed by atoms with Gasteiger partial charge in [-0.3, -0.25) is 9.59 Å². The van der Waals surface area contributed by atoms with Crippen molar-refractivity contribution >= 4 is 11.8 Å². The normalized spacial score (nSPS) is 31.1. The van der Waals surface area contributed by atoms with E-state index in [4.69, 9.17) is 18.9 Å². The van der Waals surface area contributed by atoms with E-state index in [1.54, 1.807) is 14.2 Å². The minimum absolute atomic E-state index is 0.0872. The maximum Gasteiger partial charge on any atom is 0.220 e. The zero-order valence-corrected chi connectivity index (χ0v) is 17.3. The van der Waals surface area contributed by atoms with Crippen molar-refractivity contribution in [2.45, 2.75) is 69.3 Å². The first-order chi connectivity index (χ1) is 13.9. The number of aliphatic hydroxyl groups excluding tert-OH is 2. The molecule has 10 nitrogen and oxygen atoms in total. The number of carbonyl (C=O) groups excluding carboxylic acids is 2. The Hall–Kier alpha value is -1.30.